The van der Waals surface area contributed by atoms with E-state index in [-0.39, 0.29) is 10.8 Å². The van der Waals surface area contributed by atoms with Gasteiger partial charge < -0.3 is 9.80 Å². The van der Waals surface area contributed by atoms with Gasteiger partial charge in [-0.15, -0.1) is 0 Å². The van der Waals surface area contributed by atoms with Gasteiger partial charge in [0, 0.05) is 39.3 Å². The molecule has 0 saturated heterocycles. The summed E-state index contributed by atoms with van der Waals surface area (Å²) in [7, 11) is 0. The van der Waals surface area contributed by atoms with Crippen molar-refractivity contribution in [1.82, 2.24) is 0 Å². The Bertz CT molecular complexity index is 3310. The molecule has 2 heteroatoms. The summed E-state index contributed by atoms with van der Waals surface area (Å²) in [6.07, 6.45) is 0.992. The zero-order valence-corrected chi connectivity index (χ0v) is 38.9. The van der Waals surface area contributed by atoms with Gasteiger partial charge >= 0.3 is 0 Å². The van der Waals surface area contributed by atoms with Crippen molar-refractivity contribution in [1.29, 1.82) is 0 Å². The van der Waals surface area contributed by atoms with E-state index in [4.69, 9.17) is 0 Å². The van der Waals surface area contributed by atoms with Crippen LogP contribution >= 0.6 is 0 Å². The minimum atomic E-state index is -0.251. The highest BCUT2D eigenvalue weighted by Gasteiger charge is 2.46. The molecule has 0 aromatic heterocycles. The van der Waals surface area contributed by atoms with Crippen molar-refractivity contribution >= 4 is 34.1 Å². The zero-order valence-electron chi connectivity index (χ0n) is 38.9. The molecule has 1 unspecified atom stereocenters. The first-order valence-corrected chi connectivity index (χ1v) is 23.8. The van der Waals surface area contributed by atoms with Crippen molar-refractivity contribution < 1.29 is 0 Å². The van der Waals surface area contributed by atoms with E-state index in [1.807, 2.05) is 0 Å². The normalized spacial score (nSPS) is 14.8. The molecule has 0 fully saturated rings. The fourth-order valence-electron chi connectivity index (χ4n) is 10.8. The Morgan fingerprint density at radius 1 is 0.294 bits per heavy atom. The zero-order chi connectivity index (χ0) is 46.1. The van der Waals surface area contributed by atoms with Crippen LogP contribution in [0.1, 0.15) is 43.9 Å². The third kappa shape index (κ3) is 7.99. The van der Waals surface area contributed by atoms with Gasteiger partial charge in [-0.2, -0.15) is 0 Å². The van der Waals surface area contributed by atoms with Crippen LogP contribution in [0.3, 0.4) is 0 Å². The second-order valence-corrected chi connectivity index (χ2v) is 18.9. The first-order valence-electron chi connectivity index (χ1n) is 23.8. The van der Waals surface area contributed by atoms with Crippen molar-refractivity contribution in [3.8, 4) is 44.5 Å². The van der Waals surface area contributed by atoms with Crippen LogP contribution in [0.4, 0.5) is 34.1 Å². The number of para-hydroxylation sites is 2. The fraction of sp³-hybridized carbons (Fsp3) is 0.0909. The van der Waals surface area contributed by atoms with Crippen LogP contribution in [0.15, 0.2) is 261 Å². The molecule has 1 atom stereocenters. The molecule has 328 valence electrons. The number of hydrogen-bond acceptors (Lipinski definition) is 2. The predicted octanol–water partition coefficient (Wildman–Crippen LogP) is 18.3. The molecule has 0 heterocycles. The highest BCUT2D eigenvalue weighted by molar-refractivity contribution is 5.90. The van der Waals surface area contributed by atoms with Gasteiger partial charge in [-0.25, -0.2) is 0 Å². The van der Waals surface area contributed by atoms with Crippen molar-refractivity contribution in [2.75, 3.05) is 9.80 Å². The maximum absolute atomic E-state index is 2.49. The minimum Gasteiger partial charge on any atom is -0.310 e. The number of nitrogens with zero attached hydrogens (tertiary/aromatic N) is 2. The molecule has 0 radical (unpaired) electrons. The van der Waals surface area contributed by atoms with Gasteiger partial charge in [-0.05, 0) is 123 Å². The molecule has 2 nitrogen and oxygen atoms in total. The van der Waals surface area contributed by atoms with E-state index in [0.29, 0.717) is 0 Å². The highest BCUT2D eigenvalue weighted by Crippen LogP contribution is 2.55. The number of hydrogen-bond donors (Lipinski definition) is 0. The lowest BCUT2D eigenvalue weighted by Gasteiger charge is -2.32. The van der Waals surface area contributed by atoms with Crippen LogP contribution < -0.4 is 9.80 Å². The van der Waals surface area contributed by atoms with Crippen LogP contribution in [0.2, 0.25) is 0 Å². The molecule has 1 aliphatic rings. The van der Waals surface area contributed by atoms with Gasteiger partial charge in [0.05, 0.1) is 11.4 Å². The maximum atomic E-state index is 2.49. The molecule has 10 aromatic rings. The lowest BCUT2D eigenvalue weighted by atomic mass is 9.75. The van der Waals surface area contributed by atoms with Gasteiger partial charge in [0.25, 0.3) is 0 Å². The number of fused-ring (bicyclic) bond motifs is 1. The van der Waals surface area contributed by atoms with E-state index in [9.17, 15) is 0 Å². The Morgan fingerprint density at radius 2 is 0.632 bits per heavy atom. The molecule has 0 amide bonds. The monoisotopic (exact) mass is 874 g/mol. The summed E-state index contributed by atoms with van der Waals surface area (Å²) < 4.78 is 0. The molecule has 0 aliphatic heterocycles. The van der Waals surface area contributed by atoms with Crippen LogP contribution in [-0.2, 0) is 10.8 Å². The molecular formula is C66H54N2. The summed E-state index contributed by atoms with van der Waals surface area (Å²) in [5.41, 5.74) is 20.1. The highest BCUT2D eigenvalue weighted by atomic mass is 15.2. The molecule has 68 heavy (non-hydrogen) atoms. The first kappa shape index (κ1) is 42.4. The van der Waals surface area contributed by atoms with Crippen LogP contribution in [0, 0.1) is 0 Å². The van der Waals surface area contributed by atoms with E-state index in [0.717, 1.165) is 40.5 Å². The van der Waals surface area contributed by atoms with Crippen LogP contribution in [0.25, 0.3) is 44.5 Å². The lowest BCUT2D eigenvalue weighted by molar-refractivity contribution is 0.425. The average Bonchev–Trinajstić information content (AvgIpc) is 3.62. The number of anilines is 6. The SMILES string of the molecule is CC1(C)CC(C)(c2ccc(N(c3ccc(-c4ccccc4)cc3)c3ccccc3-c3ccccc3)cc2)c2cc(N(c3ccc(-c4ccccc4)cc3)c3ccccc3-c3ccccc3)ccc21. The third-order valence-corrected chi connectivity index (χ3v) is 14.1. The summed E-state index contributed by atoms with van der Waals surface area (Å²) in [5, 5.41) is 0. The summed E-state index contributed by atoms with van der Waals surface area (Å²) in [5.74, 6) is 0. The van der Waals surface area contributed by atoms with E-state index in [1.54, 1.807) is 0 Å². The first-order chi connectivity index (χ1) is 33.3. The van der Waals surface area contributed by atoms with Crippen molar-refractivity contribution in [3.05, 3.63) is 278 Å². The topological polar surface area (TPSA) is 6.48 Å². The van der Waals surface area contributed by atoms with E-state index < -0.39 is 0 Å². The molecule has 0 bridgehead atoms. The van der Waals surface area contributed by atoms with Crippen molar-refractivity contribution in [2.45, 2.75) is 38.0 Å². The molecule has 0 saturated carbocycles. The van der Waals surface area contributed by atoms with Crippen molar-refractivity contribution in [3.63, 3.8) is 0 Å². The fourth-order valence-corrected chi connectivity index (χ4v) is 10.8. The number of rotatable bonds is 11. The third-order valence-electron chi connectivity index (χ3n) is 14.1. The predicted molar refractivity (Wildman–Crippen MR) is 288 cm³/mol. The van der Waals surface area contributed by atoms with Crippen molar-refractivity contribution in [2.24, 2.45) is 0 Å². The van der Waals surface area contributed by atoms with E-state index >= 15 is 0 Å². The minimum absolute atomic E-state index is 0.0352. The largest absolute Gasteiger partial charge is 0.310 e. The summed E-state index contributed by atoms with van der Waals surface area (Å²) in [6.45, 7) is 7.29. The number of benzene rings is 10. The quantitative estimate of drug-likeness (QED) is 0.128. The van der Waals surface area contributed by atoms with E-state index in [2.05, 4.69) is 291 Å². The Labute approximate surface area is 402 Å². The van der Waals surface area contributed by atoms with Gasteiger partial charge in [-0.1, -0.05) is 221 Å². The lowest BCUT2D eigenvalue weighted by Crippen LogP contribution is -2.23. The summed E-state index contributed by atoms with van der Waals surface area (Å²) in [6, 6.07) is 95.1. The average molecular weight is 875 g/mol. The van der Waals surface area contributed by atoms with Gasteiger partial charge in [-0.3, -0.25) is 0 Å². The molecule has 11 rings (SSSR count). The van der Waals surface area contributed by atoms with Crippen LogP contribution in [-0.4, -0.2) is 0 Å². The molecule has 0 N–H and O–H groups in total. The Balaban J connectivity index is 1.02. The Kier molecular flexibility index (Phi) is 11.2. The standard InChI is InChI=1S/C66H54N2/c1-65(2)47-66(3,54-36-42-57(43-37-54)67(55-38-32-50(33-39-55)48-20-8-4-9-21-48)63-30-18-16-28-59(63)52-24-12-6-13-25-52)62-46-58(44-45-61(62)65)68(56-40-34-51(35-41-56)49-22-10-5-11-23-49)64-31-19-17-29-60(64)53-26-14-7-15-27-53/h4-46H,47H2,1-3H3. The summed E-state index contributed by atoms with van der Waals surface area (Å²) in [4.78, 5) is 4.87. The molecule has 0 spiro atoms. The Hall–Kier alpha value is -8.20. The second kappa shape index (κ2) is 17.9. The summed E-state index contributed by atoms with van der Waals surface area (Å²) >= 11 is 0. The smallest absolute Gasteiger partial charge is 0.0540 e. The van der Waals surface area contributed by atoms with E-state index in [1.165, 1.54) is 61.2 Å². The van der Waals surface area contributed by atoms with Crippen LogP contribution in [0.5, 0.6) is 0 Å². The second-order valence-electron chi connectivity index (χ2n) is 18.9. The molecule has 1 aliphatic carbocycles. The Morgan fingerprint density at radius 3 is 1.07 bits per heavy atom. The van der Waals surface area contributed by atoms with Gasteiger partial charge in [0.1, 0.15) is 0 Å². The van der Waals surface area contributed by atoms with Gasteiger partial charge in [0.15, 0.2) is 0 Å². The molecule has 10 aromatic carbocycles. The van der Waals surface area contributed by atoms with Gasteiger partial charge in [0.2, 0.25) is 0 Å². The maximum Gasteiger partial charge on any atom is 0.0540 e. The molecular weight excluding hydrogens is 821 g/mol.